The van der Waals surface area contributed by atoms with Gasteiger partial charge in [0.15, 0.2) is 0 Å². The number of rotatable bonds is 5. The summed E-state index contributed by atoms with van der Waals surface area (Å²) >= 11 is 0. The Bertz CT molecular complexity index is 452. The molecule has 0 bridgehead atoms. The summed E-state index contributed by atoms with van der Waals surface area (Å²) in [6.45, 7) is 3.55. The van der Waals surface area contributed by atoms with Gasteiger partial charge in [0.2, 0.25) is 0 Å². The lowest BCUT2D eigenvalue weighted by Crippen LogP contribution is -2.38. The molecule has 1 unspecified atom stereocenters. The molecular formula is C13H15F3N2O. The number of hydrogen-bond acceptors (Lipinski definition) is 3. The zero-order chi connectivity index (χ0) is 14.5. The number of nitrogens with one attached hydrogen (secondary N) is 1. The molecule has 0 spiro atoms. The summed E-state index contributed by atoms with van der Waals surface area (Å²) in [5.74, 6) is -0.263. The Morgan fingerprint density at radius 3 is 2.47 bits per heavy atom. The first-order chi connectivity index (χ1) is 8.84. The van der Waals surface area contributed by atoms with Crippen LogP contribution in [-0.2, 0) is 6.18 Å². The SMILES string of the molecule is CC(C)NC(C#N)COc1ccccc1C(F)(F)F. The number of halogens is 3. The molecule has 0 saturated heterocycles. The molecule has 0 fully saturated rings. The molecule has 1 aromatic carbocycles. The third-order valence-corrected chi connectivity index (χ3v) is 2.29. The van der Waals surface area contributed by atoms with Crippen LogP contribution < -0.4 is 10.1 Å². The number of nitriles is 1. The van der Waals surface area contributed by atoms with Gasteiger partial charge in [0.05, 0.1) is 11.6 Å². The lowest BCUT2D eigenvalue weighted by molar-refractivity contribution is -0.139. The molecule has 0 aromatic heterocycles. The summed E-state index contributed by atoms with van der Waals surface area (Å²) in [6.07, 6.45) is -4.47. The summed E-state index contributed by atoms with van der Waals surface area (Å²) in [4.78, 5) is 0. The maximum absolute atomic E-state index is 12.7. The molecule has 0 aliphatic carbocycles. The van der Waals surface area contributed by atoms with Crippen LogP contribution in [0.5, 0.6) is 5.75 Å². The fourth-order valence-corrected chi connectivity index (χ4v) is 1.52. The molecular weight excluding hydrogens is 257 g/mol. The van der Waals surface area contributed by atoms with E-state index in [1.807, 2.05) is 19.9 Å². The Morgan fingerprint density at radius 1 is 1.32 bits per heavy atom. The normalized spacial score (nSPS) is 13.1. The lowest BCUT2D eigenvalue weighted by atomic mass is 10.2. The van der Waals surface area contributed by atoms with Crippen LogP contribution in [0.4, 0.5) is 13.2 Å². The quantitative estimate of drug-likeness (QED) is 0.896. The lowest BCUT2D eigenvalue weighted by Gasteiger charge is -2.17. The monoisotopic (exact) mass is 272 g/mol. The van der Waals surface area contributed by atoms with Crippen molar-refractivity contribution in [1.29, 1.82) is 5.26 Å². The summed E-state index contributed by atoms with van der Waals surface area (Å²) in [6, 6.07) is 6.29. The number of para-hydroxylation sites is 1. The van der Waals surface area contributed by atoms with Crippen LogP contribution in [0.25, 0.3) is 0 Å². The van der Waals surface area contributed by atoms with Gasteiger partial charge in [-0.25, -0.2) is 0 Å². The third kappa shape index (κ3) is 4.79. The van der Waals surface area contributed by atoms with E-state index in [2.05, 4.69) is 5.32 Å². The Labute approximate surface area is 110 Å². The molecule has 0 saturated carbocycles. The van der Waals surface area contributed by atoms with Gasteiger partial charge >= 0.3 is 6.18 Å². The van der Waals surface area contributed by atoms with Crippen LogP contribution in [0.2, 0.25) is 0 Å². The maximum atomic E-state index is 12.7. The highest BCUT2D eigenvalue weighted by atomic mass is 19.4. The van der Waals surface area contributed by atoms with Gasteiger partial charge < -0.3 is 4.74 Å². The van der Waals surface area contributed by atoms with Crippen LogP contribution in [0.15, 0.2) is 24.3 Å². The smallest absolute Gasteiger partial charge is 0.419 e. The summed E-state index contributed by atoms with van der Waals surface area (Å²) < 4.78 is 43.2. The standard InChI is InChI=1S/C13H15F3N2O/c1-9(2)18-10(7-17)8-19-12-6-4-3-5-11(12)13(14,15)16/h3-6,9-10,18H,8H2,1-2H3. The number of hydrogen-bond donors (Lipinski definition) is 1. The van der Waals surface area contributed by atoms with Gasteiger partial charge in [0.1, 0.15) is 18.4 Å². The minimum Gasteiger partial charge on any atom is -0.490 e. The van der Waals surface area contributed by atoms with Gasteiger partial charge in [-0.2, -0.15) is 18.4 Å². The van der Waals surface area contributed by atoms with Crippen molar-refractivity contribution in [2.24, 2.45) is 0 Å². The minimum atomic E-state index is -4.47. The van der Waals surface area contributed by atoms with Crippen molar-refractivity contribution in [1.82, 2.24) is 5.32 Å². The van der Waals surface area contributed by atoms with Gasteiger partial charge in [-0.1, -0.05) is 12.1 Å². The molecule has 0 heterocycles. The van der Waals surface area contributed by atoms with E-state index in [1.165, 1.54) is 18.2 Å². The number of ether oxygens (including phenoxy) is 1. The Hall–Kier alpha value is -1.74. The van der Waals surface area contributed by atoms with Gasteiger partial charge in [-0.05, 0) is 26.0 Å². The molecule has 1 rings (SSSR count). The topological polar surface area (TPSA) is 45.0 Å². The molecule has 0 amide bonds. The zero-order valence-electron chi connectivity index (χ0n) is 10.7. The predicted octanol–water partition coefficient (Wildman–Crippen LogP) is 2.97. The second-order valence-electron chi connectivity index (χ2n) is 4.31. The Kier molecular flexibility index (Phi) is 5.19. The minimum absolute atomic E-state index is 0.0473. The van der Waals surface area contributed by atoms with Crippen molar-refractivity contribution in [2.45, 2.75) is 32.1 Å². The fraction of sp³-hybridized carbons (Fsp3) is 0.462. The number of benzene rings is 1. The van der Waals surface area contributed by atoms with Crippen LogP contribution in [0.1, 0.15) is 19.4 Å². The molecule has 1 N–H and O–H groups in total. The molecule has 19 heavy (non-hydrogen) atoms. The van der Waals surface area contributed by atoms with Gasteiger partial charge in [-0.15, -0.1) is 0 Å². The van der Waals surface area contributed by atoms with Gasteiger partial charge in [-0.3, -0.25) is 5.32 Å². The third-order valence-electron chi connectivity index (χ3n) is 2.29. The van der Waals surface area contributed by atoms with E-state index in [1.54, 1.807) is 0 Å². The highest BCUT2D eigenvalue weighted by Crippen LogP contribution is 2.35. The van der Waals surface area contributed by atoms with E-state index in [9.17, 15) is 13.2 Å². The van der Waals surface area contributed by atoms with Crippen molar-refractivity contribution in [3.8, 4) is 11.8 Å². The van der Waals surface area contributed by atoms with Crippen molar-refractivity contribution in [3.05, 3.63) is 29.8 Å². The molecule has 6 heteroatoms. The van der Waals surface area contributed by atoms with Crippen LogP contribution in [-0.4, -0.2) is 18.7 Å². The van der Waals surface area contributed by atoms with Crippen molar-refractivity contribution >= 4 is 0 Å². The Balaban J connectivity index is 2.76. The summed E-state index contributed by atoms with van der Waals surface area (Å²) in [7, 11) is 0. The van der Waals surface area contributed by atoms with Crippen LogP contribution in [0.3, 0.4) is 0 Å². The Morgan fingerprint density at radius 2 is 1.95 bits per heavy atom. The molecule has 104 valence electrons. The molecule has 1 atom stereocenters. The predicted molar refractivity (Wildman–Crippen MR) is 64.6 cm³/mol. The highest BCUT2D eigenvalue weighted by molar-refractivity contribution is 5.35. The van der Waals surface area contributed by atoms with Crippen molar-refractivity contribution in [2.75, 3.05) is 6.61 Å². The average molecular weight is 272 g/mol. The molecule has 3 nitrogen and oxygen atoms in total. The van der Waals surface area contributed by atoms with E-state index in [0.29, 0.717) is 0 Å². The molecule has 0 radical (unpaired) electrons. The first-order valence-corrected chi connectivity index (χ1v) is 5.79. The molecule has 0 aliphatic heterocycles. The van der Waals surface area contributed by atoms with Gasteiger partial charge in [0.25, 0.3) is 0 Å². The van der Waals surface area contributed by atoms with E-state index in [0.717, 1.165) is 6.07 Å². The second-order valence-corrected chi connectivity index (χ2v) is 4.31. The van der Waals surface area contributed by atoms with Crippen LogP contribution in [0, 0.1) is 11.3 Å². The average Bonchev–Trinajstić information content (AvgIpc) is 2.33. The molecule has 1 aromatic rings. The van der Waals surface area contributed by atoms with Crippen LogP contribution >= 0.6 is 0 Å². The first kappa shape index (κ1) is 15.3. The van der Waals surface area contributed by atoms with Crippen molar-refractivity contribution in [3.63, 3.8) is 0 Å². The number of alkyl halides is 3. The van der Waals surface area contributed by atoms with E-state index >= 15 is 0 Å². The zero-order valence-corrected chi connectivity index (χ0v) is 10.7. The molecule has 0 aliphatic rings. The fourth-order valence-electron chi connectivity index (χ4n) is 1.52. The van der Waals surface area contributed by atoms with Crippen molar-refractivity contribution < 1.29 is 17.9 Å². The van der Waals surface area contributed by atoms with Gasteiger partial charge in [0, 0.05) is 6.04 Å². The van der Waals surface area contributed by atoms with E-state index in [-0.39, 0.29) is 18.4 Å². The summed E-state index contributed by atoms with van der Waals surface area (Å²) in [5, 5.41) is 11.8. The second kappa shape index (κ2) is 6.43. The highest BCUT2D eigenvalue weighted by Gasteiger charge is 2.34. The maximum Gasteiger partial charge on any atom is 0.419 e. The summed E-state index contributed by atoms with van der Waals surface area (Å²) in [5.41, 5.74) is -0.837. The largest absolute Gasteiger partial charge is 0.490 e. The van der Waals surface area contributed by atoms with E-state index in [4.69, 9.17) is 10.00 Å². The number of nitrogens with zero attached hydrogens (tertiary/aromatic N) is 1. The first-order valence-electron chi connectivity index (χ1n) is 5.79. The van der Waals surface area contributed by atoms with E-state index < -0.39 is 17.8 Å².